The van der Waals surface area contributed by atoms with Gasteiger partial charge in [0.05, 0.1) is 11.2 Å². The maximum atomic E-state index is 4.63. The molecule has 0 fully saturated rings. The molecule has 3 heteroatoms. The van der Waals surface area contributed by atoms with E-state index in [1.54, 1.807) is 0 Å². The number of hydrogen-bond acceptors (Lipinski definition) is 2. The molecule has 86 valence electrons. The zero-order valence-corrected chi connectivity index (χ0v) is 10.2. The van der Waals surface area contributed by atoms with Crippen LogP contribution in [0.25, 0.3) is 10.9 Å². The predicted molar refractivity (Wildman–Crippen MR) is 67.4 cm³/mol. The van der Waals surface area contributed by atoms with Crippen molar-refractivity contribution in [3.63, 3.8) is 0 Å². The molecule has 1 aromatic heterocycles. The van der Waals surface area contributed by atoms with Crippen LogP contribution in [0.3, 0.4) is 0 Å². The molecule has 1 heterocycles. The van der Waals surface area contributed by atoms with Crippen molar-refractivity contribution in [2.45, 2.75) is 39.9 Å². The molecule has 0 aliphatic carbocycles. The van der Waals surface area contributed by atoms with Gasteiger partial charge in [0.1, 0.15) is 0 Å². The molecule has 3 nitrogen and oxygen atoms in total. The first-order chi connectivity index (χ1) is 7.72. The van der Waals surface area contributed by atoms with Crippen LogP contribution in [0.5, 0.6) is 0 Å². The third-order valence-corrected chi connectivity index (χ3v) is 2.71. The minimum Gasteiger partial charge on any atom is -0.309 e. The minimum atomic E-state index is 0.491. The van der Waals surface area contributed by atoms with Gasteiger partial charge >= 0.3 is 0 Å². The molecular weight excluding hydrogens is 198 g/mol. The van der Waals surface area contributed by atoms with Gasteiger partial charge in [0, 0.05) is 24.5 Å². The number of aryl methyl sites for hydroxylation is 1. The second-order valence-electron chi connectivity index (χ2n) is 4.32. The zero-order chi connectivity index (χ0) is 11.5. The largest absolute Gasteiger partial charge is 0.309 e. The fourth-order valence-corrected chi connectivity index (χ4v) is 1.87. The van der Waals surface area contributed by atoms with Crippen LogP contribution in [0, 0.1) is 0 Å². The van der Waals surface area contributed by atoms with Crippen molar-refractivity contribution in [3.05, 3.63) is 30.0 Å². The first-order valence-corrected chi connectivity index (χ1v) is 5.90. The van der Waals surface area contributed by atoms with Crippen LogP contribution in [-0.2, 0) is 13.1 Å². The van der Waals surface area contributed by atoms with Crippen molar-refractivity contribution in [3.8, 4) is 0 Å². The molecule has 2 aromatic rings. The Morgan fingerprint density at radius 3 is 2.75 bits per heavy atom. The highest BCUT2D eigenvalue weighted by molar-refractivity contribution is 5.81. The molecule has 0 aliphatic heterocycles. The molecule has 16 heavy (non-hydrogen) atoms. The third kappa shape index (κ3) is 2.09. The third-order valence-electron chi connectivity index (χ3n) is 2.71. The molecule has 0 spiro atoms. The fraction of sp³-hybridized carbons (Fsp3) is 0.462. The number of fused-ring (bicyclic) bond motifs is 1. The van der Waals surface area contributed by atoms with Gasteiger partial charge in [-0.15, -0.1) is 0 Å². The van der Waals surface area contributed by atoms with Gasteiger partial charge in [-0.3, -0.25) is 4.68 Å². The normalized spacial score (nSPS) is 11.5. The molecule has 1 N–H and O–H groups in total. The van der Waals surface area contributed by atoms with E-state index in [0.717, 1.165) is 18.8 Å². The predicted octanol–water partition coefficient (Wildman–Crippen LogP) is 2.55. The lowest BCUT2D eigenvalue weighted by Gasteiger charge is -2.05. The minimum absolute atomic E-state index is 0.491. The summed E-state index contributed by atoms with van der Waals surface area (Å²) in [5.74, 6) is 0. The summed E-state index contributed by atoms with van der Waals surface area (Å²) in [6.07, 6.45) is 0. The van der Waals surface area contributed by atoms with Crippen LogP contribution in [0.1, 0.15) is 26.5 Å². The summed E-state index contributed by atoms with van der Waals surface area (Å²) in [5, 5.41) is 9.31. The quantitative estimate of drug-likeness (QED) is 0.853. The Bertz CT molecular complexity index is 471. The first kappa shape index (κ1) is 11.1. The van der Waals surface area contributed by atoms with Crippen LogP contribution in [0.4, 0.5) is 0 Å². The van der Waals surface area contributed by atoms with Crippen molar-refractivity contribution in [2.24, 2.45) is 0 Å². The molecule has 0 aliphatic rings. The highest BCUT2D eigenvalue weighted by Crippen LogP contribution is 2.18. The highest BCUT2D eigenvalue weighted by atomic mass is 15.3. The smallest absolute Gasteiger partial charge is 0.0841 e. The Hall–Kier alpha value is -1.35. The number of para-hydroxylation sites is 1. The maximum Gasteiger partial charge on any atom is 0.0841 e. The van der Waals surface area contributed by atoms with Crippen LogP contribution >= 0.6 is 0 Å². The average molecular weight is 217 g/mol. The number of hydrogen-bond donors (Lipinski definition) is 1. The van der Waals surface area contributed by atoms with Crippen LogP contribution in [-0.4, -0.2) is 15.8 Å². The molecule has 0 unspecified atom stereocenters. The van der Waals surface area contributed by atoms with Gasteiger partial charge in [0.15, 0.2) is 0 Å². The van der Waals surface area contributed by atoms with E-state index in [-0.39, 0.29) is 0 Å². The van der Waals surface area contributed by atoms with E-state index in [1.165, 1.54) is 10.9 Å². The van der Waals surface area contributed by atoms with E-state index in [4.69, 9.17) is 0 Å². The SMILES string of the molecule is CCn1nc(CNC(C)C)c2ccccc21. The molecule has 0 bridgehead atoms. The monoisotopic (exact) mass is 217 g/mol. The van der Waals surface area contributed by atoms with Gasteiger partial charge in [-0.2, -0.15) is 5.10 Å². The zero-order valence-electron chi connectivity index (χ0n) is 10.2. The lowest BCUT2D eigenvalue weighted by Crippen LogP contribution is -2.22. The summed E-state index contributed by atoms with van der Waals surface area (Å²) < 4.78 is 2.06. The summed E-state index contributed by atoms with van der Waals surface area (Å²) >= 11 is 0. The molecule has 0 amide bonds. The number of nitrogens with one attached hydrogen (secondary N) is 1. The van der Waals surface area contributed by atoms with E-state index in [1.807, 2.05) is 0 Å². The molecule has 2 rings (SSSR count). The Balaban J connectivity index is 2.37. The molecular formula is C13H19N3. The van der Waals surface area contributed by atoms with Gasteiger partial charge in [0.25, 0.3) is 0 Å². The van der Waals surface area contributed by atoms with E-state index in [0.29, 0.717) is 6.04 Å². The summed E-state index contributed by atoms with van der Waals surface area (Å²) in [7, 11) is 0. The molecule has 0 saturated carbocycles. The lowest BCUT2D eigenvalue weighted by molar-refractivity contribution is 0.570. The second kappa shape index (κ2) is 4.66. The van der Waals surface area contributed by atoms with Gasteiger partial charge in [-0.25, -0.2) is 0 Å². The molecule has 0 radical (unpaired) electrons. The van der Waals surface area contributed by atoms with Crippen molar-refractivity contribution in [1.82, 2.24) is 15.1 Å². The average Bonchev–Trinajstić information content (AvgIpc) is 2.65. The maximum absolute atomic E-state index is 4.63. The summed E-state index contributed by atoms with van der Waals surface area (Å²) in [6.45, 7) is 8.18. The fourth-order valence-electron chi connectivity index (χ4n) is 1.87. The Kier molecular flexibility index (Phi) is 3.25. The van der Waals surface area contributed by atoms with Crippen molar-refractivity contribution in [1.29, 1.82) is 0 Å². The van der Waals surface area contributed by atoms with Crippen molar-refractivity contribution >= 4 is 10.9 Å². The summed E-state index contributed by atoms with van der Waals surface area (Å²) in [4.78, 5) is 0. The second-order valence-corrected chi connectivity index (χ2v) is 4.32. The van der Waals surface area contributed by atoms with Crippen molar-refractivity contribution < 1.29 is 0 Å². The molecule has 1 aromatic carbocycles. The van der Waals surface area contributed by atoms with E-state index < -0.39 is 0 Å². The summed E-state index contributed by atoms with van der Waals surface area (Å²) in [5.41, 5.74) is 2.37. The van der Waals surface area contributed by atoms with Crippen LogP contribution in [0.15, 0.2) is 24.3 Å². The summed E-state index contributed by atoms with van der Waals surface area (Å²) in [6, 6.07) is 8.90. The van der Waals surface area contributed by atoms with E-state index >= 15 is 0 Å². The highest BCUT2D eigenvalue weighted by Gasteiger charge is 2.08. The molecule has 0 atom stereocenters. The topological polar surface area (TPSA) is 29.9 Å². The van der Waals surface area contributed by atoms with Gasteiger partial charge in [-0.1, -0.05) is 32.0 Å². The van der Waals surface area contributed by atoms with E-state index in [9.17, 15) is 0 Å². The number of aromatic nitrogens is 2. The van der Waals surface area contributed by atoms with Crippen LogP contribution in [0.2, 0.25) is 0 Å². The number of benzene rings is 1. The van der Waals surface area contributed by atoms with Crippen LogP contribution < -0.4 is 5.32 Å². The van der Waals surface area contributed by atoms with Gasteiger partial charge < -0.3 is 5.32 Å². The standard InChI is InChI=1S/C13H19N3/c1-4-16-13-8-6-5-7-11(13)12(15-16)9-14-10(2)3/h5-8,10,14H,4,9H2,1-3H3. The van der Waals surface area contributed by atoms with Gasteiger partial charge in [-0.05, 0) is 13.0 Å². The number of rotatable bonds is 4. The van der Waals surface area contributed by atoms with Crippen molar-refractivity contribution in [2.75, 3.05) is 0 Å². The first-order valence-electron chi connectivity index (χ1n) is 5.90. The number of nitrogens with zero attached hydrogens (tertiary/aromatic N) is 2. The Morgan fingerprint density at radius 2 is 2.06 bits per heavy atom. The Labute approximate surface area is 96.5 Å². The van der Waals surface area contributed by atoms with E-state index in [2.05, 4.69) is 60.1 Å². The molecule has 0 saturated heterocycles. The van der Waals surface area contributed by atoms with Gasteiger partial charge in [0.2, 0.25) is 0 Å². The Morgan fingerprint density at radius 1 is 1.31 bits per heavy atom. The lowest BCUT2D eigenvalue weighted by atomic mass is 10.2.